The smallest absolute Gasteiger partial charge is 0.340 e. The van der Waals surface area contributed by atoms with E-state index in [1.165, 1.54) is 7.11 Å². The van der Waals surface area contributed by atoms with Gasteiger partial charge in [0.1, 0.15) is 5.75 Å². The number of methoxy groups -OCH3 is 2. The summed E-state index contributed by atoms with van der Waals surface area (Å²) < 4.78 is 10.1. The first-order chi connectivity index (χ1) is 8.10. The molecule has 4 nitrogen and oxygen atoms in total. The van der Waals surface area contributed by atoms with Crippen LogP contribution < -0.4 is 4.74 Å². The number of hydrogen-bond acceptors (Lipinski definition) is 3. The number of H-pyrrole nitrogens is 1. The predicted octanol–water partition coefficient (Wildman–Crippen LogP) is 2.58. The maximum absolute atomic E-state index is 11.8. The lowest BCUT2D eigenvalue weighted by molar-refractivity contribution is 0.0602. The molecular formula is C13H15NO3. The van der Waals surface area contributed by atoms with Gasteiger partial charge in [-0.15, -0.1) is 0 Å². The molecule has 1 N–H and O–H groups in total. The number of rotatable bonds is 2. The van der Waals surface area contributed by atoms with Gasteiger partial charge in [-0.25, -0.2) is 4.79 Å². The molecule has 0 spiro atoms. The summed E-state index contributed by atoms with van der Waals surface area (Å²) in [5, 5.41) is 0.789. The van der Waals surface area contributed by atoms with Crippen molar-refractivity contribution in [1.29, 1.82) is 0 Å². The normalized spacial score (nSPS) is 10.6. The topological polar surface area (TPSA) is 51.3 Å². The molecule has 0 saturated carbocycles. The van der Waals surface area contributed by atoms with Crippen LogP contribution in [0.2, 0.25) is 0 Å². The first-order valence-electron chi connectivity index (χ1n) is 5.34. The number of benzene rings is 1. The summed E-state index contributed by atoms with van der Waals surface area (Å²) in [4.78, 5) is 15.0. The highest BCUT2D eigenvalue weighted by atomic mass is 16.5. The van der Waals surface area contributed by atoms with E-state index in [1.807, 2.05) is 26.0 Å². The van der Waals surface area contributed by atoms with E-state index in [0.717, 1.165) is 22.2 Å². The number of carbonyl (C=O) groups is 1. The zero-order chi connectivity index (χ0) is 12.6. The molecule has 0 fully saturated rings. The van der Waals surface area contributed by atoms with Crippen LogP contribution in [-0.2, 0) is 4.74 Å². The summed E-state index contributed by atoms with van der Waals surface area (Å²) in [6.45, 7) is 3.84. The average molecular weight is 233 g/mol. The molecule has 1 heterocycles. The van der Waals surface area contributed by atoms with Crippen molar-refractivity contribution in [2.45, 2.75) is 13.8 Å². The Labute approximate surface area is 99.5 Å². The van der Waals surface area contributed by atoms with E-state index in [-0.39, 0.29) is 5.97 Å². The maximum Gasteiger partial charge on any atom is 0.340 e. The van der Waals surface area contributed by atoms with E-state index in [2.05, 4.69) is 4.98 Å². The molecule has 1 aromatic heterocycles. The molecule has 0 aliphatic heterocycles. The predicted molar refractivity (Wildman–Crippen MR) is 65.7 cm³/mol. The zero-order valence-electron chi connectivity index (χ0n) is 10.4. The fourth-order valence-corrected chi connectivity index (χ4v) is 2.06. The van der Waals surface area contributed by atoms with Gasteiger partial charge in [-0.3, -0.25) is 0 Å². The van der Waals surface area contributed by atoms with Crippen LogP contribution in [0.1, 0.15) is 21.6 Å². The van der Waals surface area contributed by atoms with E-state index in [9.17, 15) is 4.79 Å². The fourth-order valence-electron chi connectivity index (χ4n) is 2.06. The fraction of sp³-hybridized carbons (Fsp3) is 0.308. The van der Waals surface area contributed by atoms with Gasteiger partial charge in [0, 0.05) is 5.69 Å². The Balaban J connectivity index is 2.87. The monoisotopic (exact) mass is 233 g/mol. The lowest BCUT2D eigenvalue weighted by Gasteiger charge is -2.05. The Morgan fingerprint density at radius 3 is 2.53 bits per heavy atom. The molecule has 2 aromatic rings. The number of esters is 1. The summed E-state index contributed by atoms with van der Waals surface area (Å²) in [6, 6.07) is 3.82. The van der Waals surface area contributed by atoms with E-state index in [0.29, 0.717) is 11.3 Å². The van der Waals surface area contributed by atoms with Crippen LogP contribution in [0.5, 0.6) is 5.75 Å². The molecule has 2 rings (SSSR count). The second-order valence-electron chi connectivity index (χ2n) is 3.95. The molecule has 0 atom stereocenters. The minimum absolute atomic E-state index is 0.349. The van der Waals surface area contributed by atoms with Crippen LogP contribution in [0, 0.1) is 13.8 Å². The van der Waals surface area contributed by atoms with Crippen molar-refractivity contribution in [2.24, 2.45) is 0 Å². The van der Waals surface area contributed by atoms with Crippen molar-refractivity contribution in [1.82, 2.24) is 4.98 Å². The Kier molecular flexibility index (Phi) is 2.79. The lowest BCUT2D eigenvalue weighted by atomic mass is 10.1. The van der Waals surface area contributed by atoms with Crippen LogP contribution in [0.25, 0.3) is 10.9 Å². The zero-order valence-corrected chi connectivity index (χ0v) is 10.4. The molecule has 0 aliphatic carbocycles. The highest BCUT2D eigenvalue weighted by molar-refractivity contribution is 6.08. The molecule has 1 aromatic carbocycles. The second-order valence-corrected chi connectivity index (χ2v) is 3.95. The summed E-state index contributed by atoms with van der Waals surface area (Å²) in [6.07, 6.45) is 0. The van der Waals surface area contributed by atoms with Crippen LogP contribution in [0.4, 0.5) is 0 Å². The minimum Gasteiger partial charge on any atom is -0.496 e. The third-order valence-electron chi connectivity index (χ3n) is 2.92. The molecule has 0 unspecified atom stereocenters. The van der Waals surface area contributed by atoms with Gasteiger partial charge in [0.05, 0.1) is 30.7 Å². The van der Waals surface area contributed by atoms with Crippen LogP contribution >= 0.6 is 0 Å². The summed E-state index contributed by atoms with van der Waals surface area (Å²) in [5.74, 6) is 0.327. The van der Waals surface area contributed by atoms with E-state index in [4.69, 9.17) is 9.47 Å². The first-order valence-corrected chi connectivity index (χ1v) is 5.34. The molecule has 4 heteroatoms. The second kappa shape index (κ2) is 4.13. The van der Waals surface area contributed by atoms with Crippen molar-refractivity contribution in [3.63, 3.8) is 0 Å². The Hall–Kier alpha value is -1.97. The van der Waals surface area contributed by atoms with Gasteiger partial charge >= 0.3 is 5.97 Å². The number of aromatic amines is 1. The minimum atomic E-state index is -0.349. The van der Waals surface area contributed by atoms with E-state index < -0.39 is 0 Å². The number of aromatic nitrogens is 1. The SMILES string of the molecule is COC(=O)c1c(C)[nH]c2c(C)ccc(OC)c12. The van der Waals surface area contributed by atoms with Crippen LogP contribution in [0.3, 0.4) is 0 Å². The molecule has 0 saturated heterocycles. The largest absolute Gasteiger partial charge is 0.496 e. The molecule has 90 valence electrons. The molecular weight excluding hydrogens is 218 g/mol. The Morgan fingerprint density at radius 1 is 1.24 bits per heavy atom. The first kappa shape index (κ1) is 11.5. The third-order valence-corrected chi connectivity index (χ3v) is 2.92. The molecule has 0 aliphatic rings. The van der Waals surface area contributed by atoms with Gasteiger partial charge in [-0.1, -0.05) is 6.07 Å². The number of aryl methyl sites for hydroxylation is 2. The van der Waals surface area contributed by atoms with E-state index in [1.54, 1.807) is 7.11 Å². The van der Waals surface area contributed by atoms with Crippen molar-refractivity contribution in [2.75, 3.05) is 14.2 Å². The van der Waals surface area contributed by atoms with Gasteiger partial charge in [-0.2, -0.15) is 0 Å². The highest BCUT2D eigenvalue weighted by Gasteiger charge is 2.20. The lowest BCUT2D eigenvalue weighted by Crippen LogP contribution is -2.02. The average Bonchev–Trinajstić information content (AvgIpc) is 2.67. The van der Waals surface area contributed by atoms with Crippen molar-refractivity contribution in [3.05, 3.63) is 29.0 Å². The van der Waals surface area contributed by atoms with Crippen molar-refractivity contribution >= 4 is 16.9 Å². The third kappa shape index (κ3) is 1.65. The number of carbonyl (C=O) groups excluding carboxylic acids is 1. The number of nitrogens with one attached hydrogen (secondary N) is 1. The summed E-state index contributed by atoms with van der Waals surface area (Å²) in [5.41, 5.74) is 3.32. The quantitative estimate of drug-likeness (QED) is 0.811. The van der Waals surface area contributed by atoms with E-state index >= 15 is 0 Å². The highest BCUT2D eigenvalue weighted by Crippen LogP contribution is 2.33. The molecule has 0 amide bonds. The van der Waals surface area contributed by atoms with Crippen molar-refractivity contribution < 1.29 is 14.3 Å². The molecule has 17 heavy (non-hydrogen) atoms. The summed E-state index contributed by atoms with van der Waals surface area (Å²) >= 11 is 0. The van der Waals surface area contributed by atoms with Gasteiger partial charge in [0.15, 0.2) is 0 Å². The number of ether oxygens (including phenoxy) is 2. The van der Waals surface area contributed by atoms with Crippen LogP contribution in [-0.4, -0.2) is 25.2 Å². The van der Waals surface area contributed by atoms with Crippen molar-refractivity contribution in [3.8, 4) is 5.75 Å². The van der Waals surface area contributed by atoms with Gasteiger partial charge in [0.2, 0.25) is 0 Å². The molecule has 0 bridgehead atoms. The summed E-state index contributed by atoms with van der Waals surface area (Å²) in [7, 11) is 2.97. The number of fused-ring (bicyclic) bond motifs is 1. The Morgan fingerprint density at radius 2 is 1.94 bits per heavy atom. The Bertz CT molecular complexity index is 584. The van der Waals surface area contributed by atoms with Crippen LogP contribution in [0.15, 0.2) is 12.1 Å². The van der Waals surface area contributed by atoms with Gasteiger partial charge in [0.25, 0.3) is 0 Å². The standard InChI is InChI=1S/C13H15NO3/c1-7-5-6-9(16-3)11-10(13(15)17-4)8(2)14-12(7)11/h5-6,14H,1-4H3. The van der Waals surface area contributed by atoms with Gasteiger partial charge < -0.3 is 14.5 Å². The molecule has 0 radical (unpaired) electrons. The maximum atomic E-state index is 11.8. The number of hydrogen-bond donors (Lipinski definition) is 1. The van der Waals surface area contributed by atoms with Gasteiger partial charge in [-0.05, 0) is 25.5 Å².